The summed E-state index contributed by atoms with van der Waals surface area (Å²) in [5, 5.41) is 19.7. The van der Waals surface area contributed by atoms with E-state index in [1.807, 2.05) is 6.92 Å². The van der Waals surface area contributed by atoms with Crippen LogP contribution in [0.1, 0.15) is 31.9 Å². The summed E-state index contributed by atoms with van der Waals surface area (Å²) >= 11 is 5.84. The lowest BCUT2D eigenvalue weighted by Gasteiger charge is -2.20. The van der Waals surface area contributed by atoms with Crippen molar-refractivity contribution in [2.75, 3.05) is 0 Å². The Morgan fingerprint density at radius 3 is 2.36 bits per heavy atom. The monoisotopic (exact) mass is 214 g/mol. The second kappa shape index (κ2) is 3.79. The molecule has 1 rings (SSSR count). The van der Waals surface area contributed by atoms with Gasteiger partial charge in [0.15, 0.2) is 0 Å². The zero-order valence-electron chi connectivity index (χ0n) is 8.63. The molecule has 78 valence electrons. The van der Waals surface area contributed by atoms with Crippen LogP contribution in [0.5, 0.6) is 5.75 Å². The minimum absolute atomic E-state index is 0.0311. The van der Waals surface area contributed by atoms with Gasteiger partial charge in [-0.15, -0.1) is 0 Å². The van der Waals surface area contributed by atoms with Gasteiger partial charge < -0.3 is 10.2 Å². The number of benzene rings is 1. The van der Waals surface area contributed by atoms with Gasteiger partial charge in [-0.1, -0.05) is 18.5 Å². The molecule has 0 aromatic heterocycles. The highest BCUT2D eigenvalue weighted by atomic mass is 35.5. The number of phenols is 1. The van der Waals surface area contributed by atoms with Crippen molar-refractivity contribution in [3.63, 3.8) is 0 Å². The van der Waals surface area contributed by atoms with Gasteiger partial charge in [0.1, 0.15) is 5.75 Å². The number of hydrogen-bond acceptors (Lipinski definition) is 2. The van der Waals surface area contributed by atoms with E-state index in [1.165, 1.54) is 0 Å². The van der Waals surface area contributed by atoms with Crippen molar-refractivity contribution in [3.8, 4) is 5.75 Å². The van der Waals surface area contributed by atoms with E-state index < -0.39 is 5.60 Å². The normalized spacial score (nSPS) is 11.8. The van der Waals surface area contributed by atoms with Gasteiger partial charge in [0.2, 0.25) is 0 Å². The molecule has 0 saturated carbocycles. The predicted molar refractivity (Wildman–Crippen MR) is 57.7 cm³/mol. The molecule has 3 heteroatoms. The lowest BCUT2D eigenvalue weighted by atomic mass is 9.95. The number of aromatic hydroxyl groups is 1. The van der Waals surface area contributed by atoms with E-state index in [-0.39, 0.29) is 5.75 Å². The van der Waals surface area contributed by atoms with Crippen LogP contribution in [0.3, 0.4) is 0 Å². The first-order valence-corrected chi connectivity index (χ1v) is 4.98. The summed E-state index contributed by atoms with van der Waals surface area (Å²) in [6.07, 6.45) is 0.822. The van der Waals surface area contributed by atoms with Gasteiger partial charge in [0.05, 0.1) is 10.6 Å². The Morgan fingerprint density at radius 1 is 1.36 bits per heavy atom. The van der Waals surface area contributed by atoms with E-state index in [4.69, 9.17) is 11.6 Å². The van der Waals surface area contributed by atoms with E-state index in [9.17, 15) is 10.2 Å². The summed E-state index contributed by atoms with van der Waals surface area (Å²) in [4.78, 5) is 0. The Balaban J connectivity index is 3.35. The van der Waals surface area contributed by atoms with E-state index >= 15 is 0 Å². The molecule has 2 N–H and O–H groups in total. The molecule has 0 atom stereocenters. The SMILES string of the molecule is CCc1cc(Cl)c(O)c(C(C)(C)O)c1. The van der Waals surface area contributed by atoms with E-state index in [2.05, 4.69) is 0 Å². The molecule has 0 unspecified atom stereocenters. The van der Waals surface area contributed by atoms with Gasteiger partial charge in [-0.3, -0.25) is 0 Å². The highest BCUT2D eigenvalue weighted by molar-refractivity contribution is 6.32. The molecular weight excluding hydrogens is 200 g/mol. The van der Waals surface area contributed by atoms with Gasteiger partial charge in [0.25, 0.3) is 0 Å². The fraction of sp³-hybridized carbons (Fsp3) is 0.455. The molecule has 0 radical (unpaired) electrons. The first-order chi connectivity index (χ1) is 6.36. The van der Waals surface area contributed by atoms with Crippen molar-refractivity contribution in [1.82, 2.24) is 0 Å². The molecule has 0 spiro atoms. The number of halogens is 1. The fourth-order valence-corrected chi connectivity index (χ4v) is 1.57. The van der Waals surface area contributed by atoms with Crippen molar-refractivity contribution >= 4 is 11.6 Å². The van der Waals surface area contributed by atoms with Gasteiger partial charge in [0, 0.05) is 5.56 Å². The maximum absolute atomic E-state index is 9.80. The van der Waals surface area contributed by atoms with Crippen molar-refractivity contribution < 1.29 is 10.2 Å². The Bertz CT molecular complexity index is 340. The third-order valence-electron chi connectivity index (χ3n) is 2.19. The Hall–Kier alpha value is -0.730. The minimum Gasteiger partial charge on any atom is -0.506 e. The standard InChI is InChI=1S/C11H15ClO2/c1-4-7-5-8(11(2,3)14)10(13)9(12)6-7/h5-6,13-14H,4H2,1-3H3. The molecule has 0 aliphatic heterocycles. The topological polar surface area (TPSA) is 40.5 Å². The molecule has 0 aliphatic carbocycles. The lowest BCUT2D eigenvalue weighted by molar-refractivity contribution is 0.0757. The average molecular weight is 215 g/mol. The molecule has 1 aromatic rings. The molecular formula is C11H15ClO2. The Kier molecular flexibility index (Phi) is 3.07. The number of rotatable bonds is 2. The second-order valence-corrected chi connectivity index (χ2v) is 4.29. The summed E-state index contributed by atoms with van der Waals surface area (Å²) in [5.41, 5.74) is 0.408. The molecule has 0 aliphatic rings. The molecule has 14 heavy (non-hydrogen) atoms. The quantitative estimate of drug-likeness (QED) is 0.795. The molecule has 0 bridgehead atoms. The van der Waals surface area contributed by atoms with Crippen molar-refractivity contribution in [2.45, 2.75) is 32.8 Å². The third kappa shape index (κ3) is 2.20. The number of phenolic OH excluding ortho intramolecular Hbond substituents is 1. The molecule has 0 heterocycles. The van der Waals surface area contributed by atoms with Crippen LogP contribution in [-0.4, -0.2) is 10.2 Å². The van der Waals surface area contributed by atoms with Crippen LogP contribution >= 0.6 is 11.6 Å². The lowest BCUT2D eigenvalue weighted by Crippen LogP contribution is -2.16. The van der Waals surface area contributed by atoms with Crippen molar-refractivity contribution in [1.29, 1.82) is 0 Å². The van der Waals surface area contributed by atoms with Gasteiger partial charge in [-0.25, -0.2) is 0 Å². The first kappa shape index (κ1) is 11.3. The first-order valence-electron chi connectivity index (χ1n) is 4.60. The minimum atomic E-state index is -1.07. The van der Waals surface area contributed by atoms with Crippen LogP contribution in [0, 0.1) is 0 Å². The van der Waals surface area contributed by atoms with Gasteiger partial charge >= 0.3 is 0 Å². The van der Waals surface area contributed by atoms with Crippen LogP contribution in [0.25, 0.3) is 0 Å². The summed E-state index contributed by atoms with van der Waals surface area (Å²) in [7, 11) is 0. The molecule has 2 nitrogen and oxygen atoms in total. The number of hydrogen-bond donors (Lipinski definition) is 2. The summed E-state index contributed by atoms with van der Waals surface area (Å²) in [5.74, 6) is -0.0311. The second-order valence-electron chi connectivity index (χ2n) is 3.89. The number of aryl methyl sites for hydroxylation is 1. The maximum Gasteiger partial charge on any atom is 0.140 e. The summed E-state index contributed by atoms with van der Waals surface area (Å²) in [6, 6.07) is 3.49. The van der Waals surface area contributed by atoms with E-state index in [0.717, 1.165) is 12.0 Å². The molecule has 1 aromatic carbocycles. The number of aliphatic hydroxyl groups is 1. The highest BCUT2D eigenvalue weighted by Gasteiger charge is 2.22. The van der Waals surface area contributed by atoms with Crippen LogP contribution in [0.2, 0.25) is 5.02 Å². The highest BCUT2D eigenvalue weighted by Crippen LogP contribution is 2.35. The smallest absolute Gasteiger partial charge is 0.140 e. The zero-order valence-corrected chi connectivity index (χ0v) is 9.39. The molecule has 0 fully saturated rings. The summed E-state index contributed by atoms with van der Waals surface area (Å²) < 4.78 is 0. The van der Waals surface area contributed by atoms with Crippen LogP contribution in [0.15, 0.2) is 12.1 Å². The maximum atomic E-state index is 9.80. The van der Waals surface area contributed by atoms with Crippen molar-refractivity contribution in [3.05, 3.63) is 28.3 Å². The van der Waals surface area contributed by atoms with Crippen LogP contribution in [-0.2, 0) is 12.0 Å². The van der Waals surface area contributed by atoms with Crippen LogP contribution < -0.4 is 0 Å². The van der Waals surface area contributed by atoms with E-state index in [1.54, 1.807) is 26.0 Å². The Labute approximate surface area is 89.1 Å². The van der Waals surface area contributed by atoms with Gasteiger partial charge in [-0.2, -0.15) is 0 Å². The zero-order chi connectivity index (χ0) is 10.9. The molecule has 0 amide bonds. The van der Waals surface area contributed by atoms with E-state index in [0.29, 0.717) is 10.6 Å². The average Bonchev–Trinajstić information content (AvgIpc) is 2.07. The molecule has 0 saturated heterocycles. The van der Waals surface area contributed by atoms with Crippen molar-refractivity contribution in [2.24, 2.45) is 0 Å². The third-order valence-corrected chi connectivity index (χ3v) is 2.48. The fourth-order valence-electron chi connectivity index (χ4n) is 1.33. The Morgan fingerprint density at radius 2 is 1.93 bits per heavy atom. The summed E-state index contributed by atoms with van der Waals surface area (Å²) in [6.45, 7) is 5.24. The predicted octanol–water partition coefficient (Wildman–Crippen LogP) is 2.84. The largest absolute Gasteiger partial charge is 0.506 e. The van der Waals surface area contributed by atoms with Crippen LogP contribution in [0.4, 0.5) is 0 Å². The van der Waals surface area contributed by atoms with Gasteiger partial charge in [-0.05, 0) is 38.0 Å².